The third-order valence-corrected chi connectivity index (χ3v) is 3.91. The van der Waals surface area contributed by atoms with Crippen molar-refractivity contribution >= 4 is 17.9 Å². The molecule has 0 radical (unpaired) electrons. The molecule has 0 bridgehead atoms. The summed E-state index contributed by atoms with van der Waals surface area (Å²) in [6.07, 6.45) is 4.62. The van der Waals surface area contributed by atoms with Gasteiger partial charge in [0, 0.05) is 12.5 Å². The molecule has 1 heterocycles. The Kier molecular flexibility index (Phi) is 6.30. The fourth-order valence-electron chi connectivity index (χ4n) is 2.60. The minimum Gasteiger partial charge on any atom is -0.481 e. The summed E-state index contributed by atoms with van der Waals surface area (Å²) >= 11 is 0. The molecule has 1 rings (SSSR count). The predicted octanol–water partition coefficient (Wildman–Crippen LogP) is 0.973. The number of nitrogens with one attached hydrogen (secondary N) is 1. The molecule has 0 aromatic carbocycles. The lowest BCUT2D eigenvalue weighted by molar-refractivity contribution is -0.142. The van der Waals surface area contributed by atoms with Crippen LogP contribution in [0.1, 0.15) is 20.3 Å². The Morgan fingerprint density at radius 2 is 1.91 bits per heavy atom. The summed E-state index contributed by atoms with van der Waals surface area (Å²) in [7, 11) is 0. The number of allylic oxidation sites excluding steroid dienone is 2. The van der Waals surface area contributed by atoms with E-state index >= 15 is 0 Å². The number of rotatable bonds is 7. The Labute approximate surface area is 128 Å². The SMILES string of the molecule is C/C(=C/C=C\[C@@H](C)C(=O)O)[C@H]1CN[C@H](C(=O)O)C1CC(=O)O. The van der Waals surface area contributed by atoms with Gasteiger partial charge in [-0.2, -0.15) is 0 Å². The summed E-state index contributed by atoms with van der Waals surface area (Å²) in [4.78, 5) is 32.8. The van der Waals surface area contributed by atoms with Crippen molar-refractivity contribution in [3.63, 3.8) is 0 Å². The maximum absolute atomic E-state index is 11.2. The summed E-state index contributed by atoms with van der Waals surface area (Å²) in [5.41, 5.74) is 0.830. The van der Waals surface area contributed by atoms with Gasteiger partial charge in [0.05, 0.1) is 12.3 Å². The van der Waals surface area contributed by atoms with Crippen LogP contribution in [0.25, 0.3) is 0 Å². The maximum Gasteiger partial charge on any atom is 0.321 e. The Hall–Kier alpha value is -2.15. The van der Waals surface area contributed by atoms with Crippen molar-refractivity contribution in [2.24, 2.45) is 17.8 Å². The van der Waals surface area contributed by atoms with Gasteiger partial charge in [-0.1, -0.05) is 23.8 Å². The highest BCUT2D eigenvalue weighted by atomic mass is 16.4. The number of carboxylic acid groups (broad SMARTS) is 3. The third-order valence-electron chi connectivity index (χ3n) is 3.91. The number of carboxylic acids is 3. The van der Waals surface area contributed by atoms with E-state index in [4.69, 9.17) is 15.3 Å². The normalized spacial score (nSPS) is 27.0. The highest BCUT2D eigenvalue weighted by molar-refractivity contribution is 5.76. The standard InChI is InChI=1S/C15H21NO6/c1-8(4-3-5-9(2)14(19)20)11-7-16-13(15(21)22)10(11)6-12(17)18/h3-5,9-11,13,16H,6-7H2,1-2H3,(H,17,18)(H,19,20)(H,21,22)/b5-3-,8-4-/t9-,10?,11-,13+/m1/s1. The monoisotopic (exact) mass is 311 g/mol. The van der Waals surface area contributed by atoms with Crippen molar-refractivity contribution in [3.05, 3.63) is 23.8 Å². The number of hydrogen-bond acceptors (Lipinski definition) is 4. The summed E-state index contributed by atoms with van der Waals surface area (Å²) in [6.45, 7) is 3.73. The first kappa shape index (κ1) is 17.9. The molecule has 1 saturated heterocycles. The van der Waals surface area contributed by atoms with Crippen LogP contribution in [0.3, 0.4) is 0 Å². The van der Waals surface area contributed by atoms with Gasteiger partial charge in [0.15, 0.2) is 0 Å². The molecule has 4 N–H and O–H groups in total. The average Bonchev–Trinajstić information content (AvgIpc) is 2.81. The van der Waals surface area contributed by atoms with E-state index in [1.807, 2.05) is 0 Å². The van der Waals surface area contributed by atoms with Gasteiger partial charge in [-0.3, -0.25) is 14.4 Å². The van der Waals surface area contributed by atoms with E-state index in [9.17, 15) is 14.4 Å². The van der Waals surface area contributed by atoms with Gasteiger partial charge in [-0.05, 0) is 19.8 Å². The van der Waals surface area contributed by atoms with E-state index in [-0.39, 0.29) is 12.3 Å². The van der Waals surface area contributed by atoms with E-state index < -0.39 is 35.8 Å². The summed E-state index contributed by atoms with van der Waals surface area (Å²) in [5.74, 6) is -4.38. The van der Waals surface area contributed by atoms with Gasteiger partial charge in [0.2, 0.25) is 0 Å². The maximum atomic E-state index is 11.2. The van der Waals surface area contributed by atoms with Crippen LogP contribution in [0, 0.1) is 17.8 Å². The molecule has 4 atom stereocenters. The molecule has 1 unspecified atom stereocenters. The van der Waals surface area contributed by atoms with Crippen molar-refractivity contribution in [2.45, 2.75) is 26.3 Å². The minimum atomic E-state index is -1.06. The van der Waals surface area contributed by atoms with Crippen LogP contribution >= 0.6 is 0 Å². The molecule has 1 fully saturated rings. The molecule has 1 aliphatic rings. The van der Waals surface area contributed by atoms with Crippen LogP contribution < -0.4 is 5.32 Å². The van der Waals surface area contributed by atoms with E-state index in [0.29, 0.717) is 6.54 Å². The smallest absolute Gasteiger partial charge is 0.321 e. The minimum absolute atomic E-state index is 0.206. The van der Waals surface area contributed by atoms with Gasteiger partial charge < -0.3 is 20.6 Å². The first-order valence-corrected chi connectivity index (χ1v) is 6.99. The van der Waals surface area contributed by atoms with Gasteiger partial charge in [0.25, 0.3) is 0 Å². The zero-order chi connectivity index (χ0) is 16.9. The Morgan fingerprint density at radius 1 is 1.27 bits per heavy atom. The summed E-state index contributed by atoms with van der Waals surface area (Å²) in [5, 5.41) is 29.7. The van der Waals surface area contributed by atoms with E-state index in [1.54, 1.807) is 26.0 Å². The second-order valence-corrected chi connectivity index (χ2v) is 5.51. The van der Waals surface area contributed by atoms with Crippen LogP contribution in [-0.2, 0) is 14.4 Å². The van der Waals surface area contributed by atoms with Crippen molar-refractivity contribution in [2.75, 3.05) is 6.54 Å². The molecule has 0 amide bonds. The lowest BCUT2D eigenvalue weighted by Crippen LogP contribution is -2.36. The quantitative estimate of drug-likeness (QED) is 0.516. The molecule has 7 heteroatoms. The number of aliphatic carboxylic acids is 3. The van der Waals surface area contributed by atoms with Crippen molar-refractivity contribution < 1.29 is 29.7 Å². The molecule has 22 heavy (non-hydrogen) atoms. The van der Waals surface area contributed by atoms with Crippen LogP contribution in [0.2, 0.25) is 0 Å². The van der Waals surface area contributed by atoms with Gasteiger partial charge >= 0.3 is 17.9 Å². The van der Waals surface area contributed by atoms with Crippen LogP contribution in [-0.4, -0.2) is 45.8 Å². The van der Waals surface area contributed by atoms with Gasteiger partial charge in [0.1, 0.15) is 6.04 Å². The first-order chi connectivity index (χ1) is 10.2. The summed E-state index contributed by atoms with van der Waals surface area (Å²) in [6, 6.07) is -0.883. The number of hydrogen-bond donors (Lipinski definition) is 4. The molecule has 0 aliphatic carbocycles. The topological polar surface area (TPSA) is 124 Å². The molecule has 7 nitrogen and oxygen atoms in total. The van der Waals surface area contributed by atoms with Crippen molar-refractivity contribution in [1.82, 2.24) is 5.32 Å². The van der Waals surface area contributed by atoms with E-state index in [1.165, 1.54) is 6.08 Å². The zero-order valence-corrected chi connectivity index (χ0v) is 12.5. The van der Waals surface area contributed by atoms with Crippen LogP contribution in [0.15, 0.2) is 23.8 Å². The summed E-state index contributed by atoms with van der Waals surface area (Å²) < 4.78 is 0. The highest BCUT2D eigenvalue weighted by Crippen LogP contribution is 2.31. The predicted molar refractivity (Wildman–Crippen MR) is 78.4 cm³/mol. The molecular weight excluding hydrogens is 290 g/mol. The van der Waals surface area contributed by atoms with Crippen LogP contribution in [0.4, 0.5) is 0 Å². The van der Waals surface area contributed by atoms with Gasteiger partial charge in [-0.15, -0.1) is 0 Å². The Bertz CT molecular complexity index is 510. The Balaban J connectivity index is 2.85. The van der Waals surface area contributed by atoms with Crippen molar-refractivity contribution in [1.29, 1.82) is 0 Å². The van der Waals surface area contributed by atoms with E-state index in [2.05, 4.69) is 5.32 Å². The zero-order valence-electron chi connectivity index (χ0n) is 12.5. The lowest BCUT2D eigenvalue weighted by Gasteiger charge is -2.20. The Morgan fingerprint density at radius 3 is 2.41 bits per heavy atom. The largest absolute Gasteiger partial charge is 0.481 e. The third kappa shape index (κ3) is 4.70. The van der Waals surface area contributed by atoms with E-state index in [0.717, 1.165) is 5.57 Å². The van der Waals surface area contributed by atoms with Crippen molar-refractivity contribution in [3.8, 4) is 0 Å². The molecule has 0 spiro atoms. The lowest BCUT2D eigenvalue weighted by atomic mass is 9.83. The fraction of sp³-hybridized carbons (Fsp3) is 0.533. The molecule has 1 aliphatic heterocycles. The molecule has 122 valence electrons. The van der Waals surface area contributed by atoms with Gasteiger partial charge in [-0.25, -0.2) is 0 Å². The van der Waals surface area contributed by atoms with Crippen LogP contribution in [0.5, 0.6) is 0 Å². The molecule has 0 aromatic heterocycles. The fourth-order valence-corrected chi connectivity index (χ4v) is 2.60. The molecule has 0 saturated carbocycles. The molecular formula is C15H21NO6. The second-order valence-electron chi connectivity index (χ2n) is 5.51. The first-order valence-electron chi connectivity index (χ1n) is 6.99. The second kappa shape index (κ2) is 7.74. The number of carbonyl (C=O) groups is 3. The highest BCUT2D eigenvalue weighted by Gasteiger charge is 2.41. The molecule has 0 aromatic rings. The average molecular weight is 311 g/mol.